The van der Waals surface area contributed by atoms with Crippen LogP contribution in [0.2, 0.25) is 0 Å². The summed E-state index contributed by atoms with van der Waals surface area (Å²) in [6.07, 6.45) is 1.40. The zero-order chi connectivity index (χ0) is 24.4. The Morgan fingerprint density at radius 1 is 0.829 bits per heavy atom. The number of nitrogens with zero attached hydrogens (tertiary/aromatic N) is 1. The van der Waals surface area contributed by atoms with Crippen molar-refractivity contribution in [3.63, 3.8) is 0 Å². The molecule has 1 aliphatic heterocycles. The van der Waals surface area contributed by atoms with Crippen LogP contribution in [0.1, 0.15) is 11.1 Å². The molecule has 0 bridgehead atoms. The monoisotopic (exact) mass is 466 g/mol. The minimum absolute atomic E-state index is 0.157. The molecule has 4 aromatic rings. The van der Waals surface area contributed by atoms with Crippen LogP contribution in [-0.4, -0.2) is 17.8 Å². The number of fused-ring (bicyclic) bond motifs is 1. The van der Waals surface area contributed by atoms with Gasteiger partial charge in [0.05, 0.1) is 5.69 Å². The summed E-state index contributed by atoms with van der Waals surface area (Å²) in [6.45, 7) is 0.386. The molecule has 1 heterocycles. The maximum atomic E-state index is 13.2. The van der Waals surface area contributed by atoms with Crippen molar-refractivity contribution in [3.05, 3.63) is 114 Å². The number of carbonyl (C=O) groups is 3. The number of carbonyl (C=O) groups excluding carboxylic acids is 3. The van der Waals surface area contributed by atoms with Gasteiger partial charge in [0.1, 0.15) is 23.7 Å². The van der Waals surface area contributed by atoms with Crippen LogP contribution in [-0.2, 0) is 16.2 Å². The number of barbiturate groups is 1. The van der Waals surface area contributed by atoms with E-state index < -0.39 is 23.7 Å². The summed E-state index contributed by atoms with van der Waals surface area (Å²) in [6, 6.07) is 25.0. The Hall–Kier alpha value is -4.78. The molecule has 1 aliphatic rings. The number of nitrogens with one attached hydrogen (secondary N) is 1. The van der Waals surface area contributed by atoms with Crippen LogP contribution in [0.25, 0.3) is 16.8 Å². The van der Waals surface area contributed by atoms with E-state index in [2.05, 4.69) is 23.5 Å². The van der Waals surface area contributed by atoms with E-state index in [1.165, 1.54) is 18.2 Å². The maximum Gasteiger partial charge on any atom is 0.335 e. The van der Waals surface area contributed by atoms with Gasteiger partial charge in [-0.15, -0.1) is 0 Å². The number of urea groups is 1. The lowest BCUT2D eigenvalue weighted by atomic mass is 10.1. The number of amides is 4. The van der Waals surface area contributed by atoms with E-state index in [4.69, 9.17) is 4.74 Å². The lowest BCUT2D eigenvalue weighted by Crippen LogP contribution is -2.54. The molecule has 0 atom stereocenters. The molecule has 0 aromatic heterocycles. The summed E-state index contributed by atoms with van der Waals surface area (Å²) in [7, 11) is 0. The summed E-state index contributed by atoms with van der Waals surface area (Å²) in [5.74, 6) is -1.47. The highest BCUT2D eigenvalue weighted by Gasteiger charge is 2.36. The minimum atomic E-state index is -0.888. The number of hydrogen-bond acceptors (Lipinski definition) is 4. The van der Waals surface area contributed by atoms with Crippen LogP contribution < -0.4 is 15.0 Å². The number of benzene rings is 4. The van der Waals surface area contributed by atoms with Crippen molar-refractivity contribution < 1.29 is 23.5 Å². The van der Waals surface area contributed by atoms with Crippen LogP contribution in [0.15, 0.2) is 96.6 Å². The number of hydrogen-bond donors (Lipinski definition) is 1. The van der Waals surface area contributed by atoms with Crippen molar-refractivity contribution in [3.8, 4) is 5.75 Å². The van der Waals surface area contributed by atoms with Gasteiger partial charge in [0.2, 0.25) is 0 Å². The van der Waals surface area contributed by atoms with Crippen molar-refractivity contribution >= 4 is 40.4 Å². The number of ether oxygens (including phenoxy) is 1. The summed E-state index contributed by atoms with van der Waals surface area (Å²) < 4.78 is 19.2. The van der Waals surface area contributed by atoms with Gasteiger partial charge in [0, 0.05) is 0 Å². The largest absolute Gasteiger partial charge is 0.489 e. The first-order valence-electron chi connectivity index (χ1n) is 10.9. The minimum Gasteiger partial charge on any atom is -0.489 e. The lowest BCUT2D eigenvalue weighted by molar-refractivity contribution is -0.122. The Kier molecular flexibility index (Phi) is 5.81. The van der Waals surface area contributed by atoms with Crippen molar-refractivity contribution in [1.82, 2.24) is 5.32 Å². The van der Waals surface area contributed by atoms with Gasteiger partial charge in [-0.25, -0.2) is 14.1 Å². The predicted molar refractivity (Wildman–Crippen MR) is 130 cm³/mol. The molecule has 1 N–H and O–H groups in total. The molecule has 0 spiro atoms. The molecule has 4 amide bonds. The zero-order valence-electron chi connectivity index (χ0n) is 18.4. The van der Waals surface area contributed by atoms with Crippen LogP contribution >= 0.6 is 0 Å². The third-order valence-corrected chi connectivity index (χ3v) is 5.65. The number of imide groups is 2. The average Bonchev–Trinajstić information content (AvgIpc) is 2.87. The van der Waals surface area contributed by atoms with Crippen molar-refractivity contribution in [2.24, 2.45) is 0 Å². The number of halogens is 1. The molecule has 5 rings (SSSR count). The fourth-order valence-corrected chi connectivity index (χ4v) is 3.89. The SMILES string of the molecule is O=C1NC(=O)N(c2ccc(F)cc2)C(=O)/C1=C/c1ccc(OCc2cccc3ccccc23)cc1. The summed E-state index contributed by atoms with van der Waals surface area (Å²) in [5, 5.41) is 4.41. The first kappa shape index (κ1) is 22.0. The molecule has 4 aromatic carbocycles. The molecule has 0 saturated carbocycles. The maximum absolute atomic E-state index is 13.2. The Bertz CT molecular complexity index is 1470. The topological polar surface area (TPSA) is 75.7 Å². The molecule has 1 fully saturated rings. The molecule has 1 saturated heterocycles. The third kappa shape index (κ3) is 4.52. The average molecular weight is 466 g/mol. The highest BCUT2D eigenvalue weighted by molar-refractivity contribution is 6.39. The van der Waals surface area contributed by atoms with E-state index in [-0.39, 0.29) is 11.3 Å². The van der Waals surface area contributed by atoms with Crippen molar-refractivity contribution in [2.75, 3.05) is 4.90 Å². The molecular weight excluding hydrogens is 447 g/mol. The van der Waals surface area contributed by atoms with Gasteiger partial charge in [-0.2, -0.15) is 0 Å². The Labute approximate surface area is 200 Å². The number of rotatable bonds is 5. The van der Waals surface area contributed by atoms with E-state index in [9.17, 15) is 18.8 Å². The van der Waals surface area contributed by atoms with Gasteiger partial charge in [0.25, 0.3) is 11.8 Å². The second-order valence-corrected chi connectivity index (χ2v) is 7.93. The van der Waals surface area contributed by atoms with Crippen molar-refractivity contribution in [2.45, 2.75) is 6.61 Å². The molecule has 6 nitrogen and oxygen atoms in total. The van der Waals surface area contributed by atoms with Gasteiger partial charge in [-0.3, -0.25) is 14.9 Å². The fourth-order valence-electron chi connectivity index (χ4n) is 3.89. The smallest absolute Gasteiger partial charge is 0.335 e. The molecular formula is C28H19FN2O4. The fraction of sp³-hybridized carbons (Fsp3) is 0.0357. The van der Waals surface area contributed by atoms with E-state index >= 15 is 0 Å². The summed E-state index contributed by atoms with van der Waals surface area (Å²) >= 11 is 0. The number of anilines is 1. The third-order valence-electron chi connectivity index (χ3n) is 5.65. The van der Waals surface area contributed by atoms with E-state index in [1.807, 2.05) is 24.3 Å². The normalized spacial score (nSPS) is 14.9. The highest BCUT2D eigenvalue weighted by Crippen LogP contribution is 2.24. The van der Waals surface area contributed by atoms with E-state index in [0.29, 0.717) is 17.9 Å². The van der Waals surface area contributed by atoms with Gasteiger partial charge in [-0.05, 0) is 64.4 Å². The first-order valence-corrected chi connectivity index (χ1v) is 10.9. The van der Waals surface area contributed by atoms with Gasteiger partial charge >= 0.3 is 6.03 Å². The van der Waals surface area contributed by atoms with Gasteiger partial charge in [0.15, 0.2) is 0 Å². The van der Waals surface area contributed by atoms with Crippen molar-refractivity contribution in [1.29, 1.82) is 0 Å². The van der Waals surface area contributed by atoms with Gasteiger partial charge in [-0.1, -0.05) is 54.6 Å². The van der Waals surface area contributed by atoms with Crippen LogP contribution in [0, 0.1) is 5.82 Å². The quantitative estimate of drug-likeness (QED) is 0.323. The molecule has 0 unspecified atom stereocenters. The second kappa shape index (κ2) is 9.23. The Morgan fingerprint density at radius 2 is 1.54 bits per heavy atom. The Balaban J connectivity index is 1.33. The zero-order valence-corrected chi connectivity index (χ0v) is 18.4. The molecule has 35 heavy (non-hydrogen) atoms. The lowest BCUT2D eigenvalue weighted by Gasteiger charge is -2.26. The summed E-state index contributed by atoms with van der Waals surface area (Å²) in [4.78, 5) is 38.3. The molecule has 0 radical (unpaired) electrons. The first-order chi connectivity index (χ1) is 17.0. The van der Waals surface area contributed by atoms with Crippen LogP contribution in [0.4, 0.5) is 14.9 Å². The predicted octanol–water partition coefficient (Wildman–Crippen LogP) is 5.22. The van der Waals surface area contributed by atoms with Crippen LogP contribution in [0.3, 0.4) is 0 Å². The second-order valence-electron chi connectivity index (χ2n) is 7.93. The Morgan fingerprint density at radius 3 is 2.31 bits per heavy atom. The standard InChI is InChI=1S/C28H19FN2O4/c29-21-10-12-22(13-11-21)31-27(33)25(26(32)30-28(31)34)16-18-8-14-23(15-9-18)35-17-20-6-3-5-19-4-1-2-7-24(19)20/h1-16H,17H2,(H,30,32,34)/b25-16+. The van der Waals surface area contributed by atoms with E-state index in [1.54, 1.807) is 24.3 Å². The molecule has 0 aliphatic carbocycles. The highest BCUT2D eigenvalue weighted by atomic mass is 19.1. The van der Waals surface area contributed by atoms with Crippen LogP contribution in [0.5, 0.6) is 5.75 Å². The summed E-state index contributed by atoms with van der Waals surface area (Å²) in [5.41, 5.74) is 1.58. The van der Waals surface area contributed by atoms with Gasteiger partial charge < -0.3 is 4.74 Å². The van der Waals surface area contributed by atoms with E-state index in [0.717, 1.165) is 33.4 Å². The molecule has 7 heteroatoms. The molecule has 172 valence electrons.